The number of carbonyl (C=O) groups excluding carboxylic acids is 1. The molecule has 0 unspecified atom stereocenters. The molecule has 4 heteroatoms. The van der Waals surface area contributed by atoms with Crippen LogP contribution in [0.15, 0.2) is 99.6 Å². The van der Waals surface area contributed by atoms with Crippen molar-refractivity contribution in [3.8, 4) is 5.75 Å². The van der Waals surface area contributed by atoms with E-state index >= 15 is 0 Å². The molecule has 0 aliphatic rings. The molecular formula is C23H22IO2S+. The molecule has 0 fully saturated rings. The number of alkyl halides is 1. The molecule has 3 aromatic rings. The molecular weight excluding hydrogens is 467 g/mol. The highest BCUT2D eigenvalue weighted by Gasteiger charge is 2.32. The third-order valence-corrected chi connectivity index (χ3v) is 7.04. The van der Waals surface area contributed by atoms with Crippen molar-refractivity contribution < 1.29 is 9.53 Å². The highest BCUT2D eigenvalue weighted by Crippen LogP contribution is 2.36. The first-order chi connectivity index (χ1) is 13.3. The summed E-state index contributed by atoms with van der Waals surface area (Å²) in [6.45, 7) is 0. The monoisotopic (exact) mass is 489 g/mol. The summed E-state index contributed by atoms with van der Waals surface area (Å²) < 4.78 is 6.84. The minimum absolute atomic E-state index is 0.156. The zero-order valence-corrected chi connectivity index (χ0v) is 18.0. The summed E-state index contributed by atoms with van der Waals surface area (Å²) in [4.78, 5) is 15.8. The Hall–Kier alpha value is -1.79. The normalized spacial score (nSPS) is 10.7. The van der Waals surface area contributed by atoms with Gasteiger partial charge >= 0.3 is 5.97 Å². The third-order valence-electron chi connectivity index (χ3n) is 4.02. The van der Waals surface area contributed by atoms with Crippen LogP contribution >= 0.6 is 22.6 Å². The van der Waals surface area contributed by atoms with Gasteiger partial charge in [0.05, 0.1) is 0 Å². The lowest BCUT2D eigenvalue weighted by Crippen LogP contribution is -2.12. The average Bonchev–Trinajstić information content (AvgIpc) is 2.71. The quantitative estimate of drug-likeness (QED) is 0.0928. The summed E-state index contributed by atoms with van der Waals surface area (Å²) in [5.74, 6) is 0.505. The fourth-order valence-corrected chi connectivity index (χ4v) is 5.45. The van der Waals surface area contributed by atoms with Crippen LogP contribution in [-0.4, -0.2) is 10.4 Å². The van der Waals surface area contributed by atoms with Gasteiger partial charge in [-0.2, -0.15) is 0 Å². The molecule has 0 heterocycles. The second-order valence-electron chi connectivity index (χ2n) is 6.00. The molecule has 0 radical (unpaired) electrons. The van der Waals surface area contributed by atoms with Gasteiger partial charge in [0.15, 0.2) is 15.5 Å². The minimum atomic E-state index is -0.328. The highest BCUT2D eigenvalue weighted by atomic mass is 127. The average molecular weight is 489 g/mol. The van der Waals surface area contributed by atoms with Gasteiger partial charge in [0, 0.05) is 6.42 Å². The van der Waals surface area contributed by atoms with Crippen LogP contribution in [0.25, 0.3) is 0 Å². The molecule has 0 amide bonds. The number of hydrogen-bond acceptors (Lipinski definition) is 2. The number of esters is 1. The van der Waals surface area contributed by atoms with Crippen molar-refractivity contribution in [2.24, 2.45) is 0 Å². The van der Waals surface area contributed by atoms with Crippen LogP contribution in [0.1, 0.15) is 19.3 Å². The van der Waals surface area contributed by atoms with E-state index in [4.69, 9.17) is 4.74 Å². The Kier molecular flexibility index (Phi) is 7.78. The highest BCUT2D eigenvalue weighted by molar-refractivity contribution is 14.1. The number of carbonyl (C=O) groups is 1. The number of ether oxygens (including phenoxy) is 1. The molecule has 138 valence electrons. The Morgan fingerprint density at radius 3 is 1.93 bits per heavy atom. The number of halogens is 1. The second kappa shape index (κ2) is 10.5. The van der Waals surface area contributed by atoms with Crippen LogP contribution < -0.4 is 4.74 Å². The molecule has 0 aromatic heterocycles. The largest absolute Gasteiger partial charge is 0.421 e. The van der Waals surface area contributed by atoms with Crippen LogP contribution in [0, 0.1) is 0 Å². The molecule has 27 heavy (non-hydrogen) atoms. The Balaban J connectivity index is 1.95. The number of benzene rings is 3. The molecule has 0 spiro atoms. The maximum atomic E-state index is 12.3. The van der Waals surface area contributed by atoms with Gasteiger partial charge in [0.25, 0.3) is 0 Å². The minimum Gasteiger partial charge on any atom is -0.421 e. The molecule has 0 aliphatic carbocycles. The molecule has 2 nitrogen and oxygen atoms in total. The number of rotatable bonds is 8. The van der Waals surface area contributed by atoms with Crippen molar-refractivity contribution >= 4 is 39.5 Å². The van der Waals surface area contributed by atoms with Crippen LogP contribution in [0.3, 0.4) is 0 Å². The predicted molar refractivity (Wildman–Crippen MR) is 120 cm³/mol. The summed E-state index contributed by atoms with van der Waals surface area (Å²) in [7, 11) is -0.328. The van der Waals surface area contributed by atoms with E-state index in [-0.39, 0.29) is 16.9 Å². The predicted octanol–water partition coefficient (Wildman–Crippen LogP) is 6.29. The summed E-state index contributed by atoms with van der Waals surface area (Å²) >= 11 is 2.33. The van der Waals surface area contributed by atoms with Gasteiger partial charge in [0.1, 0.15) is 10.9 Å². The number of unbranched alkanes of at least 4 members (excludes halogenated alkanes) is 1. The first-order valence-electron chi connectivity index (χ1n) is 8.99. The van der Waals surface area contributed by atoms with Crippen molar-refractivity contribution in [3.63, 3.8) is 0 Å². The lowest BCUT2D eigenvalue weighted by atomic mass is 10.2. The maximum Gasteiger partial charge on any atom is 0.311 e. The lowest BCUT2D eigenvalue weighted by Gasteiger charge is -2.12. The Bertz CT molecular complexity index is 813. The summed E-state index contributed by atoms with van der Waals surface area (Å²) in [6.07, 6.45) is 2.37. The molecule has 3 aromatic carbocycles. The number of hydrogen-bond donors (Lipinski definition) is 0. The van der Waals surface area contributed by atoms with Gasteiger partial charge in [0.2, 0.25) is 4.90 Å². The molecule has 0 atom stereocenters. The molecule has 0 saturated carbocycles. The van der Waals surface area contributed by atoms with E-state index in [0.29, 0.717) is 12.2 Å². The van der Waals surface area contributed by atoms with Gasteiger partial charge in [-0.05, 0) is 53.7 Å². The first-order valence-corrected chi connectivity index (χ1v) is 11.7. The maximum absolute atomic E-state index is 12.3. The zero-order valence-electron chi connectivity index (χ0n) is 15.0. The van der Waals surface area contributed by atoms with E-state index in [2.05, 4.69) is 77.2 Å². The van der Waals surface area contributed by atoms with Gasteiger partial charge in [-0.1, -0.05) is 71.1 Å². The summed E-state index contributed by atoms with van der Waals surface area (Å²) in [5, 5.41) is 0. The SMILES string of the molecule is O=C(CCCCI)Oc1ccccc1[S+](c1ccccc1)c1ccccc1. The Morgan fingerprint density at radius 1 is 0.778 bits per heavy atom. The lowest BCUT2D eigenvalue weighted by molar-refractivity contribution is -0.134. The van der Waals surface area contributed by atoms with Crippen molar-refractivity contribution in [3.05, 3.63) is 84.9 Å². The van der Waals surface area contributed by atoms with Crippen molar-refractivity contribution in [2.75, 3.05) is 4.43 Å². The fraction of sp³-hybridized carbons (Fsp3) is 0.174. The molecule has 0 N–H and O–H groups in total. The summed E-state index contributed by atoms with van der Waals surface area (Å²) in [5.41, 5.74) is 0. The van der Waals surface area contributed by atoms with Crippen LogP contribution in [0.4, 0.5) is 0 Å². The first kappa shape index (κ1) is 20.0. The topological polar surface area (TPSA) is 26.3 Å². The zero-order chi connectivity index (χ0) is 18.9. The molecule has 0 aliphatic heterocycles. The Labute approximate surface area is 177 Å². The van der Waals surface area contributed by atoms with E-state index in [1.165, 1.54) is 9.79 Å². The molecule has 3 rings (SSSR count). The van der Waals surface area contributed by atoms with Gasteiger partial charge in [-0.15, -0.1) is 0 Å². The van der Waals surface area contributed by atoms with Crippen molar-refractivity contribution in [1.29, 1.82) is 0 Å². The van der Waals surface area contributed by atoms with E-state index in [0.717, 1.165) is 22.2 Å². The van der Waals surface area contributed by atoms with Crippen molar-refractivity contribution in [2.45, 2.75) is 33.9 Å². The standard InChI is InChI=1S/C23H22IO2S/c24-18-10-9-17-23(25)26-21-15-7-8-16-22(21)27(19-11-3-1-4-12-19)20-13-5-2-6-14-20/h1-8,11-16H,9-10,17-18H2/q+1. The van der Waals surface area contributed by atoms with E-state index < -0.39 is 0 Å². The third kappa shape index (κ3) is 5.59. The van der Waals surface area contributed by atoms with Crippen LogP contribution in [-0.2, 0) is 15.7 Å². The van der Waals surface area contributed by atoms with Crippen LogP contribution in [0.2, 0.25) is 0 Å². The number of para-hydroxylation sites is 1. The van der Waals surface area contributed by atoms with Gasteiger partial charge < -0.3 is 4.74 Å². The van der Waals surface area contributed by atoms with Gasteiger partial charge in [-0.3, -0.25) is 4.79 Å². The summed E-state index contributed by atoms with van der Waals surface area (Å²) in [6, 6.07) is 28.7. The Morgan fingerprint density at radius 2 is 1.33 bits per heavy atom. The fourth-order valence-electron chi connectivity index (χ4n) is 2.74. The molecule has 0 saturated heterocycles. The van der Waals surface area contributed by atoms with E-state index in [1.807, 2.05) is 30.3 Å². The van der Waals surface area contributed by atoms with E-state index in [9.17, 15) is 4.79 Å². The second-order valence-corrected chi connectivity index (χ2v) is 9.07. The molecule has 0 bridgehead atoms. The van der Waals surface area contributed by atoms with E-state index in [1.54, 1.807) is 0 Å². The van der Waals surface area contributed by atoms with Gasteiger partial charge in [-0.25, -0.2) is 0 Å². The van der Waals surface area contributed by atoms with Crippen LogP contribution in [0.5, 0.6) is 5.75 Å². The van der Waals surface area contributed by atoms with Crippen molar-refractivity contribution in [1.82, 2.24) is 0 Å². The smallest absolute Gasteiger partial charge is 0.311 e.